The summed E-state index contributed by atoms with van der Waals surface area (Å²) in [6.45, 7) is 0.00523. The number of rotatable bonds is 5. The van der Waals surface area contributed by atoms with E-state index in [1.807, 2.05) is 0 Å². The van der Waals surface area contributed by atoms with E-state index < -0.39 is 17.5 Å². The maximum atomic E-state index is 13.9. The molecule has 2 aromatic carbocycles. The molecule has 29 heavy (non-hydrogen) atoms. The zero-order chi connectivity index (χ0) is 20.7. The third-order valence-corrected chi connectivity index (χ3v) is 4.94. The Morgan fingerprint density at radius 1 is 1.03 bits per heavy atom. The Hall–Kier alpha value is -3.42. The zero-order valence-electron chi connectivity index (χ0n) is 15.5. The summed E-state index contributed by atoms with van der Waals surface area (Å²) in [4.78, 5) is 25.2. The smallest absolute Gasteiger partial charge is 0.262 e. The van der Waals surface area contributed by atoms with Gasteiger partial charge in [-0.2, -0.15) is 5.10 Å². The first-order valence-electron chi connectivity index (χ1n) is 8.94. The number of carbonyl (C=O) groups excluding carboxylic acids is 1. The molecule has 0 aliphatic rings. The molecule has 4 rings (SSSR count). The van der Waals surface area contributed by atoms with Crippen LogP contribution in [0.3, 0.4) is 0 Å². The molecule has 0 radical (unpaired) electrons. The van der Waals surface area contributed by atoms with E-state index in [0.717, 1.165) is 12.1 Å². The highest BCUT2D eigenvalue weighted by atomic mass is 19.1. The van der Waals surface area contributed by atoms with Crippen LogP contribution in [0.5, 0.6) is 0 Å². The number of nitrogens with zero attached hydrogens (tertiary/aromatic N) is 3. The summed E-state index contributed by atoms with van der Waals surface area (Å²) in [6.07, 6.45) is 1.16. The van der Waals surface area contributed by atoms with Crippen LogP contribution in [0.15, 0.2) is 47.4 Å². The average Bonchev–Trinajstić information content (AvgIpc) is 3.06. The molecule has 0 unspecified atom stereocenters. The number of Topliss-reactive ketones (excluding diaryl/α,β-unsaturated/α-hetero) is 1. The second-order valence-electron chi connectivity index (χ2n) is 6.85. The number of ketones is 1. The average molecular weight is 399 g/mol. The molecule has 148 valence electrons. The Morgan fingerprint density at radius 3 is 2.52 bits per heavy atom. The first kappa shape index (κ1) is 18.9. The molecular formula is C21H16F3N3O2. The molecule has 0 saturated carbocycles. The minimum absolute atomic E-state index is 0.00523. The predicted molar refractivity (Wildman–Crippen MR) is 102 cm³/mol. The highest BCUT2D eigenvalue weighted by Crippen LogP contribution is 2.23. The van der Waals surface area contributed by atoms with Crippen LogP contribution < -0.4 is 5.56 Å². The van der Waals surface area contributed by atoms with E-state index in [4.69, 9.17) is 0 Å². The van der Waals surface area contributed by atoms with Gasteiger partial charge in [0.2, 0.25) is 0 Å². The fourth-order valence-corrected chi connectivity index (χ4v) is 3.52. The van der Waals surface area contributed by atoms with Gasteiger partial charge in [-0.1, -0.05) is 6.07 Å². The molecule has 4 aromatic rings. The standard InChI is InChI=1S/C21H16F3N3O2/c1-26-20-16-5-4-14(23)10-19(16)27(21(29)17(20)11-25-26)7-6-15(28)8-12-2-3-13(22)9-18(12)24/h2-5,9-11H,6-8H2,1H3. The van der Waals surface area contributed by atoms with E-state index in [1.54, 1.807) is 17.8 Å². The lowest BCUT2D eigenvalue weighted by molar-refractivity contribution is -0.118. The highest BCUT2D eigenvalue weighted by Gasteiger charge is 2.16. The van der Waals surface area contributed by atoms with Crippen LogP contribution in [0.4, 0.5) is 13.2 Å². The fourth-order valence-electron chi connectivity index (χ4n) is 3.52. The van der Waals surface area contributed by atoms with Crippen molar-refractivity contribution in [1.29, 1.82) is 0 Å². The summed E-state index contributed by atoms with van der Waals surface area (Å²) in [7, 11) is 1.69. The summed E-state index contributed by atoms with van der Waals surface area (Å²) in [5, 5.41) is 5.11. The van der Waals surface area contributed by atoms with Crippen molar-refractivity contribution in [1.82, 2.24) is 14.3 Å². The molecule has 0 saturated heterocycles. The maximum Gasteiger partial charge on any atom is 0.262 e. The van der Waals surface area contributed by atoms with Gasteiger partial charge >= 0.3 is 0 Å². The van der Waals surface area contributed by atoms with Crippen molar-refractivity contribution in [2.75, 3.05) is 0 Å². The van der Waals surface area contributed by atoms with Crippen LogP contribution in [0.2, 0.25) is 0 Å². The van der Waals surface area contributed by atoms with Gasteiger partial charge in [-0.15, -0.1) is 0 Å². The molecule has 0 aliphatic carbocycles. The molecule has 2 aromatic heterocycles. The van der Waals surface area contributed by atoms with Crippen molar-refractivity contribution in [2.24, 2.45) is 7.05 Å². The number of aromatic nitrogens is 3. The number of halogens is 3. The van der Waals surface area contributed by atoms with Gasteiger partial charge in [0.05, 0.1) is 22.6 Å². The first-order valence-corrected chi connectivity index (χ1v) is 8.94. The SMILES string of the molecule is Cn1ncc2c(=O)n(CCC(=O)Cc3ccc(F)cc3F)c3cc(F)ccc3c21. The van der Waals surface area contributed by atoms with Crippen LogP contribution in [0.25, 0.3) is 21.8 Å². The van der Waals surface area contributed by atoms with E-state index in [2.05, 4.69) is 5.10 Å². The molecular weight excluding hydrogens is 383 g/mol. The summed E-state index contributed by atoms with van der Waals surface area (Å²) >= 11 is 0. The molecule has 5 nitrogen and oxygen atoms in total. The van der Waals surface area contributed by atoms with Crippen molar-refractivity contribution in [3.8, 4) is 0 Å². The second-order valence-corrected chi connectivity index (χ2v) is 6.85. The third-order valence-electron chi connectivity index (χ3n) is 4.94. The molecule has 0 amide bonds. The molecule has 0 fully saturated rings. The largest absolute Gasteiger partial charge is 0.307 e. The minimum Gasteiger partial charge on any atom is -0.307 e. The first-order chi connectivity index (χ1) is 13.8. The Kier molecular flexibility index (Phi) is 4.70. The summed E-state index contributed by atoms with van der Waals surface area (Å²) in [5.41, 5.74) is 0.641. The van der Waals surface area contributed by atoms with Gasteiger partial charge in [-0.3, -0.25) is 14.3 Å². The Morgan fingerprint density at radius 2 is 1.76 bits per heavy atom. The maximum absolute atomic E-state index is 13.9. The van der Waals surface area contributed by atoms with E-state index in [1.165, 1.54) is 29.0 Å². The van der Waals surface area contributed by atoms with E-state index in [9.17, 15) is 22.8 Å². The topological polar surface area (TPSA) is 56.9 Å². The van der Waals surface area contributed by atoms with E-state index in [0.29, 0.717) is 21.8 Å². The lowest BCUT2D eigenvalue weighted by Gasteiger charge is -2.12. The molecule has 0 atom stereocenters. The van der Waals surface area contributed by atoms with Gasteiger partial charge < -0.3 is 4.57 Å². The lowest BCUT2D eigenvalue weighted by atomic mass is 10.1. The van der Waals surface area contributed by atoms with Gasteiger partial charge in [0.15, 0.2) is 0 Å². The van der Waals surface area contributed by atoms with Crippen molar-refractivity contribution in [3.63, 3.8) is 0 Å². The van der Waals surface area contributed by atoms with Crippen molar-refractivity contribution in [3.05, 3.63) is 76.0 Å². The summed E-state index contributed by atoms with van der Waals surface area (Å²) in [6, 6.07) is 7.14. The van der Waals surface area contributed by atoms with Gasteiger partial charge in [0.25, 0.3) is 5.56 Å². The third kappa shape index (κ3) is 3.41. The molecule has 2 heterocycles. The summed E-state index contributed by atoms with van der Waals surface area (Å²) < 4.78 is 43.5. The number of hydrogen-bond donors (Lipinski definition) is 0. The number of aryl methyl sites for hydroxylation is 2. The van der Waals surface area contributed by atoms with Crippen molar-refractivity contribution in [2.45, 2.75) is 19.4 Å². The number of carbonyl (C=O) groups is 1. The number of pyridine rings is 1. The summed E-state index contributed by atoms with van der Waals surface area (Å²) in [5.74, 6) is -2.34. The second kappa shape index (κ2) is 7.20. The van der Waals surface area contributed by atoms with Gasteiger partial charge in [0.1, 0.15) is 23.2 Å². The van der Waals surface area contributed by atoms with Crippen molar-refractivity contribution < 1.29 is 18.0 Å². The Bertz CT molecular complexity index is 1320. The minimum atomic E-state index is -0.792. The molecule has 0 spiro atoms. The van der Waals surface area contributed by atoms with Crippen LogP contribution >= 0.6 is 0 Å². The van der Waals surface area contributed by atoms with E-state index >= 15 is 0 Å². The Labute approximate surface area is 163 Å². The monoisotopic (exact) mass is 399 g/mol. The van der Waals surface area contributed by atoms with Crippen LogP contribution in [0, 0.1) is 17.5 Å². The number of fused-ring (bicyclic) bond motifs is 3. The van der Waals surface area contributed by atoms with Crippen molar-refractivity contribution >= 4 is 27.6 Å². The lowest BCUT2D eigenvalue weighted by Crippen LogP contribution is -2.23. The van der Waals surface area contributed by atoms with Gasteiger partial charge in [0, 0.05) is 37.9 Å². The van der Waals surface area contributed by atoms with Crippen LogP contribution in [-0.4, -0.2) is 20.1 Å². The quantitative estimate of drug-likeness (QED) is 0.516. The normalized spacial score (nSPS) is 11.4. The molecule has 0 bridgehead atoms. The zero-order valence-corrected chi connectivity index (χ0v) is 15.5. The van der Waals surface area contributed by atoms with E-state index in [-0.39, 0.29) is 36.3 Å². The Balaban J connectivity index is 1.68. The van der Waals surface area contributed by atoms with Crippen LogP contribution in [0.1, 0.15) is 12.0 Å². The molecule has 0 aliphatic heterocycles. The van der Waals surface area contributed by atoms with Gasteiger partial charge in [-0.05, 0) is 29.8 Å². The molecule has 8 heteroatoms. The highest BCUT2D eigenvalue weighted by molar-refractivity contribution is 6.03. The number of benzene rings is 2. The fraction of sp³-hybridized carbons (Fsp3) is 0.190. The predicted octanol–water partition coefficient (Wildman–Crippen LogP) is 3.51. The van der Waals surface area contributed by atoms with Gasteiger partial charge in [-0.25, -0.2) is 13.2 Å². The van der Waals surface area contributed by atoms with Crippen LogP contribution in [-0.2, 0) is 24.8 Å². The number of hydrogen-bond acceptors (Lipinski definition) is 3. The molecule has 0 N–H and O–H groups in total.